The van der Waals surface area contributed by atoms with Crippen LogP contribution < -0.4 is 5.32 Å². The second-order valence-electron chi connectivity index (χ2n) is 7.14. The van der Waals surface area contributed by atoms with Crippen LogP contribution in [-0.2, 0) is 11.3 Å². The van der Waals surface area contributed by atoms with Crippen LogP contribution in [0, 0.1) is 5.92 Å². The number of nitrogens with zero attached hydrogens (tertiary/aromatic N) is 3. The quantitative estimate of drug-likeness (QED) is 0.848. The van der Waals surface area contributed by atoms with Crippen molar-refractivity contribution >= 4 is 29.7 Å². The standard InChI is InChI=1S/C20H26N4OS.ClH/c25-20(17-6-8-21-9-7-17)24-12-10-23(11-13-24)14-18-15-26-19(22-18)16-4-2-1-3-5-16;/h1-5,15,17,21H,6-14H2;1H. The van der Waals surface area contributed by atoms with E-state index in [9.17, 15) is 4.79 Å². The second-order valence-corrected chi connectivity index (χ2v) is 7.99. The Morgan fingerprint density at radius 1 is 1.11 bits per heavy atom. The van der Waals surface area contributed by atoms with Gasteiger partial charge in [-0.3, -0.25) is 9.69 Å². The minimum Gasteiger partial charge on any atom is -0.340 e. The van der Waals surface area contributed by atoms with Gasteiger partial charge in [-0.05, 0) is 25.9 Å². The molecule has 1 aromatic carbocycles. The fourth-order valence-corrected chi connectivity index (χ4v) is 4.59. The number of carbonyl (C=O) groups excluding carboxylic acids is 1. The SMILES string of the molecule is Cl.O=C(C1CCNCC1)N1CCN(Cc2csc(-c3ccccc3)n2)CC1. The summed E-state index contributed by atoms with van der Waals surface area (Å²) in [5.41, 5.74) is 2.31. The summed E-state index contributed by atoms with van der Waals surface area (Å²) >= 11 is 1.71. The zero-order valence-corrected chi connectivity index (χ0v) is 17.1. The number of hydrogen-bond acceptors (Lipinski definition) is 5. The molecule has 2 aromatic rings. The summed E-state index contributed by atoms with van der Waals surface area (Å²) in [4.78, 5) is 21.9. The zero-order valence-electron chi connectivity index (χ0n) is 15.5. The van der Waals surface area contributed by atoms with Crippen LogP contribution in [0.1, 0.15) is 18.5 Å². The van der Waals surface area contributed by atoms with Gasteiger partial charge in [0.2, 0.25) is 5.91 Å². The molecule has 0 unspecified atom stereocenters. The smallest absolute Gasteiger partial charge is 0.225 e. The van der Waals surface area contributed by atoms with Gasteiger partial charge in [-0.1, -0.05) is 30.3 Å². The Kier molecular flexibility index (Phi) is 7.24. The molecular formula is C20H27ClN4OS. The summed E-state index contributed by atoms with van der Waals surface area (Å²) in [6, 6.07) is 10.3. The lowest BCUT2D eigenvalue weighted by molar-refractivity contribution is -0.138. The van der Waals surface area contributed by atoms with E-state index in [4.69, 9.17) is 4.98 Å². The molecule has 7 heteroatoms. The molecule has 146 valence electrons. The van der Waals surface area contributed by atoms with Gasteiger partial charge in [-0.2, -0.15) is 0 Å². The number of hydrogen-bond donors (Lipinski definition) is 1. The molecule has 0 saturated carbocycles. The molecule has 0 spiro atoms. The Morgan fingerprint density at radius 3 is 2.52 bits per heavy atom. The maximum Gasteiger partial charge on any atom is 0.225 e. The van der Waals surface area contributed by atoms with Gasteiger partial charge in [-0.15, -0.1) is 23.7 Å². The van der Waals surface area contributed by atoms with Crippen molar-refractivity contribution < 1.29 is 4.79 Å². The van der Waals surface area contributed by atoms with Crippen LogP contribution in [0.2, 0.25) is 0 Å². The summed E-state index contributed by atoms with van der Waals surface area (Å²) in [6.45, 7) is 6.40. The Bertz CT molecular complexity index is 725. The van der Waals surface area contributed by atoms with Gasteiger partial charge in [-0.25, -0.2) is 4.98 Å². The van der Waals surface area contributed by atoms with Crippen molar-refractivity contribution in [2.75, 3.05) is 39.3 Å². The third-order valence-electron chi connectivity index (χ3n) is 5.33. The molecule has 2 aliphatic rings. The Hall–Kier alpha value is -1.47. The molecule has 0 bridgehead atoms. The van der Waals surface area contributed by atoms with Crippen LogP contribution in [0.4, 0.5) is 0 Å². The molecule has 1 aromatic heterocycles. The Morgan fingerprint density at radius 2 is 1.81 bits per heavy atom. The zero-order chi connectivity index (χ0) is 17.8. The van der Waals surface area contributed by atoms with E-state index >= 15 is 0 Å². The van der Waals surface area contributed by atoms with Gasteiger partial charge >= 0.3 is 0 Å². The normalized spacial score (nSPS) is 18.9. The summed E-state index contributed by atoms with van der Waals surface area (Å²) in [5.74, 6) is 0.598. The van der Waals surface area contributed by atoms with Crippen LogP contribution in [0.3, 0.4) is 0 Å². The van der Waals surface area contributed by atoms with E-state index in [1.54, 1.807) is 11.3 Å². The van der Waals surface area contributed by atoms with Gasteiger partial charge in [0.15, 0.2) is 0 Å². The van der Waals surface area contributed by atoms with Crippen LogP contribution >= 0.6 is 23.7 Å². The largest absolute Gasteiger partial charge is 0.340 e. The highest BCUT2D eigenvalue weighted by Crippen LogP contribution is 2.24. The average molecular weight is 407 g/mol. The molecular weight excluding hydrogens is 380 g/mol. The maximum atomic E-state index is 12.6. The number of aromatic nitrogens is 1. The monoisotopic (exact) mass is 406 g/mol. The number of thiazole rings is 1. The molecule has 2 aliphatic heterocycles. The van der Waals surface area contributed by atoms with E-state index in [-0.39, 0.29) is 18.3 Å². The number of halogens is 1. The molecule has 27 heavy (non-hydrogen) atoms. The highest BCUT2D eigenvalue weighted by Gasteiger charge is 2.28. The summed E-state index contributed by atoms with van der Waals surface area (Å²) in [5, 5.41) is 6.58. The molecule has 2 fully saturated rings. The molecule has 1 amide bonds. The summed E-state index contributed by atoms with van der Waals surface area (Å²) in [7, 11) is 0. The third-order valence-corrected chi connectivity index (χ3v) is 6.27. The van der Waals surface area contributed by atoms with Crippen LogP contribution in [0.5, 0.6) is 0 Å². The first-order valence-corrected chi connectivity index (χ1v) is 10.4. The lowest BCUT2D eigenvalue weighted by atomic mass is 9.96. The van der Waals surface area contributed by atoms with Gasteiger partial charge < -0.3 is 10.2 Å². The summed E-state index contributed by atoms with van der Waals surface area (Å²) < 4.78 is 0. The molecule has 0 aliphatic carbocycles. The topological polar surface area (TPSA) is 48.5 Å². The number of carbonyl (C=O) groups is 1. The predicted octanol–water partition coefficient (Wildman–Crippen LogP) is 2.88. The van der Waals surface area contributed by atoms with E-state index < -0.39 is 0 Å². The summed E-state index contributed by atoms with van der Waals surface area (Å²) in [6.07, 6.45) is 1.97. The van der Waals surface area contributed by atoms with E-state index in [2.05, 4.69) is 44.8 Å². The van der Waals surface area contributed by atoms with Crippen molar-refractivity contribution in [3.8, 4) is 10.6 Å². The Labute approximate surface area is 171 Å². The van der Waals surface area contributed by atoms with Crippen molar-refractivity contribution in [1.29, 1.82) is 0 Å². The van der Waals surface area contributed by atoms with E-state index in [0.717, 1.165) is 69.4 Å². The highest BCUT2D eigenvalue weighted by molar-refractivity contribution is 7.13. The molecule has 1 N–H and O–H groups in total. The first kappa shape index (κ1) is 20.3. The fourth-order valence-electron chi connectivity index (χ4n) is 3.78. The molecule has 0 atom stereocenters. The van der Waals surface area contributed by atoms with Gasteiger partial charge in [0.1, 0.15) is 5.01 Å². The number of nitrogens with one attached hydrogen (secondary N) is 1. The van der Waals surface area contributed by atoms with Crippen LogP contribution in [0.25, 0.3) is 10.6 Å². The van der Waals surface area contributed by atoms with E-state index in [1.807, 2.05) is 6.07 Å². The molecule has 4 rings (SSSR count). The van der Waals surface area contributed by atoms with Gasteiger partial charge in [0.25, 0.3) is 0 Å². The molecule has 2 saturated heterocycles. The number of piperidine rings is 1. The highest BCUT2D eigenvalue weighted by atomic mass is 35.5. The van der Waals surface area contributed by atoms with Gasteiger partial charge in [0.05, 0.1) is 5.69 Å². The number of benzene rings is 1. The third kappa shape index (κ3) is 5.08. The second kappa shape index (κ2) is 9.64. The van der Waals surface area contributed by atoms with Crippen molar-refractivity contribution in [2.24, 2.45) is 5.92 Å². The average Bonchev–Trinajstić information content (AvgIpc) is 3.18. The van der Waals surface area contributed by atoms with Crippen molar-refractivity contribution in [1.82, 2.24) is 20.1 Å². The first-order chi connectivity index (χ1) is 12.8. The van der Waals surface area contributed by atoms with E-state index in [0.29, 0.717) is 5.91 Å². The van der Waals surface area contributed by atoms with Crippen molar-refractivity contribution in [3.63, 3.8) is 0 Å². The lowest BCUT2D eigenvalue weighted by Gasteiger charge is -2.37. The number of piperazine rings is 1. The van der Waals surface area contributed by atoms with Gasteiger partial charge in [0, 0.05) is 49.6 Å². The fraction of sp³-hybridized carbons (Fsp3) is 0.500. The van der Waals surface area contributed by atoms with E-state index in [1.165, 1.54) is 5.56 Å². The van der Waals surface area contributed by atoms with Crippen LogP contribution in [-0.4, -0.2) is 60.0 Å². The number of rotatable bonds is 4. The first-order valence-electron chi connectivity index (χ1n) is 9.51. The lowest BCUT2D eigenvalue weighted by Crippen LogP contribution is -2.51. The predicted molar refractivity (Wildman–Crippen MR) is 112 cm³/mol. The minimum atomic E-state index is 0. The molecule has 5 nitrogen and oxygen atoms in total. The van der Waals surface area contributed by atoms with Crippen LogP contribution in [0.15, 0.2) is 35.7 Å². The molecule has 0 radical (unpaired) electrons. The van der Waals surface area contributed by atoms with Crippen molar-refractivity contribution in [2.45, 2.75) is 19.4 Å². The number of amides is 1. The Balaban J connectivity index is 0.00000210. The molecule has 3 heterocycles. The minimum absolute atomic E-state index is 0. The maximum absolute atomic E-state index is 12.6. The van der Waals surface area contributed by atoms with Crippen molar-refractivity contribution in [3.05, 3.63) is 41.4 Å².